The van der Waals surface area contributed by atoms with Crippen molar-refractivity contribution < 1.29 is 9.90 Å². The van der Waals surface area contributed by atoms with Crippen LogP contribution in [0.2, 0.25) is 0 Å². The lowest BCUT2D eigenvalue weighted by molar-refractivity contribution is -0.134. The van der Waals surface area contributed by atoms with Crippen LogP contribution in [0.1, 0.15) is 18.1 Å². The fourth-order valence-corrected chi connectivity index (χ4v) is 4.35. The number of amides is 1. The maximum absolute atomic E-state index is 13.3. The second kappa shape index (κ2) is 9.75. The average Bonchev–Trinajstić information content (AvgIpc) is 2.95. The standard InChI is InChI=1S/C26H29N3O2/c1-2-29-15-14-28(18-20-9-11-24(30)12-10-20)19-23(26(29)31)16-21-6-3-4-8-25(21)22-7-5-13-27-17-22/h3-13,17,23,30H,2,14-16,18-19H2,1H3/t23-/m1/s1. The summed E-state index contributed by atoms with van der Waals surface area (Å²) in [5, 5.41) is 9.57. The lowest BCUT2D eigenvalue weighted by Gasteiger charge is -2.24. The van der Waals surface area contributed by atoms with E-state index in [0.717, 1.165) is 49.4 Å². The molecule has 0 spiro atoms. The van der Waals surface area contributed by atoms with Crippen LogP contribution in [-0.2, 0) is 17.8 Å². The molecular formula is C26H29N3O2. The smallest absolute Gasteiger partial charge is 0.227 e. The van der Waals surface area contributed by atoms with Gasteiger partial charge in [-0.25, -0.2) is 0 Å². The van der Waals surface area contributed by atoms with Crippen LogP contribution in [-0.4, -0.2) is 52.0 Å². The quantitative estimate of drug-likeness (QED) is 0.662. The van der Waals surface area contributed by atoms with Crippen molar-refractivity contribution in [2.45, 2.75) is 19.9 Å². The van der Waals surface area contributed by atoms with Gasteiger partial charge in [-0.2, -0.15) is 0 Å². The van der Waals surface area contributed by atoms with Gasteiger partial charge in [-0.3, -0.25) is 14.7 Å². The lowest BCUT2D eigenvalue weighted by atomic mass is 9.91. The number of phenolic OH excluding ortho intramolecular Hbond substituents is 1. The third-order valence-corrected chi connectivity index (χ3v) is 6.01. The van der Waals surface area contributed by atoms with E-state index in [1.165, 1.54) is 5.56 Å². The average molecular weight is 416 g/mol. The fourth-order valence-electron chi connectivity index (χ4n) is 4.35. The van der Waals surface area contributed by atoms with Crippen LogP contribution in [0.25, 0.3) is 11.1 Å². The number of phenols is 1. The van der Waals surface area contributed by atoms with Crippen LogP contribution < -0.4 is 0 Å². The summed E-state index contributed by atoms with van der Waals surface area (Å²) in [6.07, 6.45) is 4.36. The molecule has 1 fully saturated rings. The van der Waals surface area contributed by atoms with E-state index in [1.54, 1.807) is 18.3 Å². The van der Waals surface area contributed by atoms with E-state index in [0.29, 0.717) is 6.42 Å². The van der Waals surface area contributed by atoms with E-state index in [-0.39, 0.29) is 17.6 Å². The molecule has 1 N–H and O–H groups in total. The lowest BCUT2D eigenvalue weighted by Crippen LogP contribution is -2.37. The first-order valence-corrected chi connectivity index (χ1v) is 10.9. The minimum Gasteiger partial charge on any atom is -0.508 e. The number of hydrogen-bond donors (Lipinski definition) is 1. The van der Waals surface area contributed by atoms with Gasteiger partial charge in [-0.1, -0.05) is 42.5 Å². The van der Waals surface area contributed by atoms with Crippen LogP contribution in [0.5, 0.6) is 5.75 Å². The number of carbonyl (C=O) groups is 1. The summed E-state index contributed by atoms with van der Waals surface area (Å²) < 4.78 is 0. The Morgan fingerprint density at radius 1 is 1.03 bits per heavy atom. The summed E-state index contributed by atoms with van der Waals surface area (Å²) in [6.45, 7) is 5.86. The summed E-state index contributed by atoms with van der Waals surface area (Å²) in [7, 11) is 0. The van der Waals surface area contributed by atoms with Gasteiger partial charge in [0.2, 0.25) is 5.91 Å². The number of rotatable bonds is 6. The highest BCUT2D eigenvalue weighted by molar-refractivity contribution is 5.80. The Hall–Kier alpha value is -3.18. The summed E-state index contributed by atoms with van der Waals surface area (Å²) >= 11 is 0. The Bertz CT molecular complexity index is 1000. The molecule has 0 radical (unpaired) electrons. The topological polar surface area (TPSA) is 56.7 Å². The second-order valence-corrected chi connectivity index (χ2v) is 8.12. The van der Waals surface area contributed by atoms with Crippen LogP contribution >= 0.6 is 0 Å². The van der Waals surface area contributed by atoms with Crippen molar-refractivity contribution in [1.82, 2.24) is 14.8 Å². The molecule has 2 heterocycles. The number of hydrogen-bond acceptors (Lipinski definition) is 4. The van der Waals surface area contributed by atoms with Crippen LogP contribution in [0, 0.1) is 5.92 Å². The Kier molecular flexibility index (Phi) is 6.63. The molecule has 2 aromatic carbocycles. The molecule has 0 unspecified atom stereocenters. The Morgan fingerprint density at radius 2 is 1.84 bits per heavy atom. The van der Waals surface area contributed by atoms with Gasteiger partial charge < -0.3 is 10.0 Å². The third kappa shape index (κ3) is 5.12. The van der Waals surface area contributed by atoms with Crippen molar-refractivity contribution in [2.24, 2.45) is 5.92 Å². The molecule has 0 aliphatic carbocycles. The highest BCUT2D eigenvalue weighted by Gasteiger charge is 2.30. The first-order valence-electron chi connectivity index (χ1n) is 10.9. The maximum Gasteiger partial charge on any atom is 0.227 e. The summed E-state index contributed by atoms with van der Waals surface area (Å²) in [5.74, 6) is 0.408. The van der Waals surface area contributed by atoms with Gasteiger partial charge in [0, 0.05) is 50.7 Å². The number of aromatic nitrogens is 1. The monoisotopic (exact) mass is 415 g/mol. The van der Waals surface area contributed by atoms with E-state index >= 15 is 0 Å². The number of nitrogens with zero attached hydrogens (tertiary/aromatic N) is 3. The summed E-state index contributed by atoms with van der Waals surface area (Å²) in [4.78, 5) is 21.9. The van der Waals surface area contributed by atoms with Gasteiger partial charge in [0.15, 0.2) is 0 Å². The zero-order chi connectivity index (χ0) is 21.6. The molecule has 3 aromatic rings. The minimum absolute atomic E-state index is 0.0996. The van der Waals surface area contributed by atoms with Crippen molar-refractivity contribution in [3.05, 3.63) is 84.2 Å². The number of aromatic hydroxyl groups is 1. The van der Waals surface area contributed by atoms with E-state index in [2.05, 4.69) is 28.1 Å². The van der Waals surface area contributed by atoms with Gasteiger partial charge >= 0.3 is 0 Å². The van der Waals surface area contributed by atoms with Crippen molar-refractivity contribution in [3.8, 4) is 16.9 Å². The molecule has 5 heteroatoms. The van der Waals surface area contributed by atoms with E-state index in [4.69, 9.17) is 0 Å². The number of carbonyl (C=O) groups excluding carboxylic acids is 1. The van der Waals surface area contributed by atoms with Crippen molar-refractivity contribution in [3.63, 3.8) is 0 Å². The predicted molar refractivity (Wildman–Crippen MR) is 123 cm³/mol. The van der Waals surface area contributed by atoms with E-state index in [9.17, 15) is 9.90 Å². The Balaban J connectivity index is 1.58. The molecule has 4 rings (SSSR count). The predicted octanol–water partition coefficient (Wildman–Crippen LogP) is 3.98. The molecule has 0 bridgehead atoms. The van der Waals surface area contributed by atoms with Gasteiger partial charge in [0.25, 0.3) is 0 Å². The molecule has 31 heavy (non-hydrogen) atoms. The van der Waals surface area contributed by atoms with Gasteiger partial charge in [-0.05, 0) is 48.2 Å². The third-order valence-electron chi connectivity index (χ3n) is 6.01. The van der Waals surface area contributed by atoms with Crippen LogP contribution in [0.4, 0.5) is 0 Å². The largest absolute Gasteiger partial charge is 0.508 e. The zero-order valence-corrected chi connectivity index (χ0v) is 17.9. The fraction of sp³-hybridized carbons (Fsp3) is 0.308. The SMILES string of the molecule is CCN1CCN(Cc2ccc(O)cc2)C[C@@H](Cc2ccccc2-c2cccnc2)C1=O. The first-order chi connectivity index (χ1) is 15.1. The molecule has 0 saturated carbocycles. The molecule has 160 valence electrons. The summed E-state index contributed by atoms with van der Waals surface area (Å²) in [6, 6.07) is 19.7. The van der Waals surface area contributed by atoms with Gasteiger partial charge in [0.1, 0.15) is 5.75 Å². The number of likely N-dealkylation sites (N-methyl/N-ethyl adjacent to an activating group) is 1. The summed E-state index contributed by atoms with van der Waals surface area (Å²) in [5.41, 5.74) is 4.54. The number of pyridine rings is 1. The van der Waals surface area contributed by atoms with Crippen LogP contribution in [0.15, 0.2) is 73.1 Å². The normalized spacial score (nSPS) is 17.5. The Morgan fingerprint density at radius 3 is 2.58 bits per heavy atom. The van der Waals surface area contributed by atoms with Crippen molar-refractivity contribution in [1.29, 1.82) is 0 Å². The van der Waals surface area contributed by atoms with E-state index < -0.39 is 0 Å². The molecule has 1 aliphatic heterocycles. The molecule has 1 aliphatic rings. The minimum atomic E-state index is -0.0996. The van der Waals surface area contributed by atoms with Crippen molar-refractivity contribution in [2.75, 3.05) is 26.2 Å². The second-order valence-electron chi connectivity index (χ2n) is 8.12. The van der Waals surface area contributed by atoms with E-state index in [1.807, 2.05) is 48.4 Å². The highest BCUT2D eigenvalue weighted by Crippen LogP contribution is 2.27. The first kappa shape index (κ1) is 21.1. The molecule has 1 amide bonds. The zero-order valence-electron chi connectivity index (χ0n) is 17.9. The van der Waals surface area contributed by atoms with Gasteiger partial charge in [0.05, 0.1) is 5.92 Å². The molecule has 1 aromatic heterocycles. The molecule has 1 atom stereocenters. The molecule has 1 saturated heterocycles. The van der Waals surface area contributed by atoms with Crippen LogP contribution in [0.3, 0.4) is 0 Å². The molecule has 5 nitrogen and oxygen atoms in total. The highest BCUT2D eigenvalue weighted by atomic mass is 16.3. The molecular weight excluding hydrogens is 386 g/mol. The van der Waals surface area contributed by atoms with Gasteiger partial charge in [-0.15, -0.1) is 0 Å². The maximum atomic E-state index is 13.3. The Labute approximate surface area is 184 Å². The van der Waals surface area contributed by atoms with Crippen molar-refractivity contribution >= 4 is 5.91 Å². The number of benzene rings is 2.